The molecule has 2 aromatic rings. The molecule has 0 radical (unpaired) electrons. The molecule has 2 N–H and O–H groups in total. The Hall–Kier alpha value is -2.05. The van der Waals surface area contributed by atoms with Gasteiger partial charge in [-0.1, -0.05) is 6.07 Å². The van der Waals surface area contributed by atoms with Crippen molar-refractivity contribution in [2.75, 3.05) is 25.5 Å². The highest BCUT2D eigenvalue weighted by Gasteiger charge is 2.34. The fourth-order valence-electron chi connectivity index (χ4n) is 3.84. The van der Waals surface area contributed by atoms with Crippen molar-refractivity contribution in [1.29, 1.82) is 0 Å². The molecule has 0 spiro atoms. The van der Waals surface area contributed by atoms with E-state index in [1.165, 1.54) is 7.11 Å². The number of hydrogen-bond donors (Lipinski definition) is 2. The smallest absolute Gasteiger partial charge is 0.206 e. The summed E-state index contributed by atoms with van der Waals surface area (Å²) in [7, 11) is -2.03. The van der Waals surface area contributed by atoms with Crippen LogP contribution in [-0.4, -0.2) is 34.7 Å². The van der Waals surface area contributed by atoms with Crippen molar-refractivity contribution in [2.45, 2.75) is 34.6 Å². The Kier molecular flexibility index (Phi) is 4.17. The number of sulfone groups is 1. The fourth-order valence-corrected chi connectivity index (χ4v) is 5.17. The summed E-state index contributed by atoms with van der Waals surface area (Å²) < 4.78 is 31.2. The zero-order valence-corrected chi connectivity index (χ0v) is 15.0. The van der Waals surface area contributed by atoms with Crippen LogP contribution in [0.15, 0.2) is 52.3 Å². The highest BCUT2D eigenvalue weighted by atomic mass is 32.2. The van der Waals surface area contributed by atoms with Crippen LogP contribution in [0.2, 0.25) is 0 Å². The van der Waals surface area contributed by atoms with Crippen LogP contribution >= 0.6 is 0 Å². The Morgan fingerprint density at radius 1 is 1.04 bits per heavy atom. The third-order valence-electron chi connectivity index (χ3n) is 5.18. The van der Waals surface area contributed by atoms with Crippen LogP contribution in [-0.2, 0) is 9.84 Å². The minimum Gasteiger partial charge on any atom is -0.497 e. The van der Waals surface area contributed by atoms with Gasteiger partial charge in [-0.05, 0) is 67.9 Å². The van der Waals surface area contributed by atoms with Gasteiger partial charge in [-0.15, -0.1) is 0 Å². The molecular formula is C19H22N2O3S. The lowest BCUT2D eigenvalue weighted by Gasteiger charge is -2.16. The van der Waals surface area contributed by atoms with Crippen LogP contribution < -0.4 is 15.4 Å². The van der Waals surface area contributed by atoms with Crippen LogP contribution in [0.5, 0.6) is 5.75 Å². The van der Waals surface area contributed by atoms with Gasteiger partial charge >= 0.3 is 0 Å². The topological polar surface area (TPSA) is 67.4 Å². The molecule has 0 aliphatic carbocycles. The Morgan fingerprint density at radius 3 is 2.68 bits per heavy atom. The largest absolute Gasteiger partial charge is 0.497 e. The molecule has 25 heavy (non-hydrogen) atoms. The van der Waals surface area contributed by atoms with Gasteiger partial charge in [-0.25, -0.2) is 8.42 Å². The zero-order chi connectivity index (χ0) is 17.4. The van der Waals surface area contributed by atoms with Gasteiger partial charge < -0.3 is 15.4 Å². The fraction of sp³-hybridized carbons (Fsp3) is 0.368. The van der Waals surface area contributed by atoms with Crippen molar-refractivity contribution >= 4 is 15.5 Å². The third-order valence-corrected chi connectivity index (χ3v) is 6.92. The van der Waals surface area contributed by atoms with E-state index in [1.54, 1.807) is 30.3 Å². The first-order chi connectivity index (χ1) is 12.1. The molecule has 132 valence electrons. The van der Waals surface area contributed by atoms with E-state index in [-0.39, 0.29) is 4.90 Å². The summed E-state index contributed by atoms with van der Waals surface area (Å²) >= 11 is 0. The molecule has 0 amide bonds. The van der Waals surface area contributed by atoms with Gasteiger partial charge in [0, 0.05) is 17.6 Å². The van der Waals surface area contributed by atoms with E-state index in [9.17, 15) is 8.42 Å². The molecule has 2 aromatic carbocycles. The molecule has 1 unspecified atom stereocenters. The van der Waals surface area contributed by atoms with E-state index < -0.39 is 9.84 Å². The molecule has 5 nitrogen and oxygen atoms in total. The number of anilines is 1. The number of ether oxygens (including phenoxy) is 1. The summed E-state index contributed by atoms with van der Waals surface area (Å²) in [6.45, 7) is 1.96. The molecule has 2 aliphatic heterocycles. The van der Waals surface area contributed by atoms with Gasteiger partial charge in [0.2, 0.25) is 9.84 Å². The average molecular weight is 358 g/mol. The zero-order valence-electron chi connectivity index (χ0n) is 14.2. The minimum atomic E-state index is -3.56. The molecule has 1 fully saturated rings. The van der Waals surface area contributed by atoms with Crippen molar-refractivity contribution in [3.05, 3.63) is 48.0 Å². The monoisotopic (exact) mass is 358 g/mol. The van der Waals surface area contributed by atoms with Crippen molar-refractivity contribution < 1.29 is 13.2 Å². The summed E-state index contributed by atoms with van der Waals surface area (Å²) in [5, 5.41) is 6.98. The van der Waals surface area contributed by atoms with E-state index >= 15 is 0 Å². The quantitative estimate of drug-likeness (QED) is 0.883. The Labute approximate surface area is 148 Å². The van der Waals surface area contributed by atoms with Gasteiger partial charge in [0.15, 0.2) is 0 Å². The minimum absolute atomic E-state index is 0.261. The molecular weight excluding hydrogens is 336 g/mol. The lowest BCUT2D eigenvalue weighted by atomic mass is 9.91. The summed E-state index contributed by atoms with van der Waals surface area (Å²) in [5.74, 6) is 0.907. The first-order valence-electron chi connectivity index (χ1n) is 8.60. The highest BCUT2D eigenvalue weighted by Crippen LogP contribution is 2.41. The molecule has 4 rings (SSSR count). The van der Waals surface area contributed by atoms with Crippen molar-refractivity contribution in [1.82, 2.24) is 5.32 Å². The van der Waals surface area contributed by atoms with Gasteiger partial charge in [-0.3, -0.25) is 0 Å². The maximum absolute atomic E-state index is 13.0. The number of benzene rings is 2. The van der Waals surface area contributed by atoms with E-state index in [1.807, 2.05) is 12.1 Å². The van der Waals surface area contributed by atoms with Gasteiger partial charge in [0.25, 0.3) is 0 Å². The number of methoxy groups -OCH3 is 1. The van der Waals surface area contributed by atoms with Crippen molar-refractivity contribution in [2.24, 2.45) is 0 Å². The molecule has 0 aromatic heterocycles. The van der Waals surface area contributed by atoms with Gasteiger partial charge in [-0.2, -0.15) is 0 Å². The second-order valence-corrected chi connectivity index (χ2v) is 8.57. The summed E-state index contributed by atoms with van der Waals surface area (Å²) in [6, 6.07) is 12.5. The molecule has 2 aliphatic rings. The first kappa shape index (κ1) is 16.4. The predicted molar refractivity (Wildman–Crippen MR) is 97.1 cm³/mol. The number of rotatable bonds is 3. The Bertz CT molecular complexity index is 895. The Morgan fingerprint density at radius 2 is 1.84 bits per heavy atom. The van der Waals surface area contributed by atoms with Crippen molar-refractivity contribution in [3.8, 4) is 5.75 Å². The lowest BCUT2D eigenvalue weighted by molar-refractivity contribution is 0.413. The second kappa shape index (κ2) is 6.35. The SMILES string of the molecule is COc1cccc(S(=O)(=O)c2ccc3c(c2)[C@@H]2CCNCCC2N3)c1. The van der Waals surface area contributed by atoms with Crippen LogP contribution in [0, 0.1) is 0 Å². The molecule has 2 heterocycles. The maximum Gasteiger partial charge on any atom is 0.206 e. The molecule has 0 saturated carbocycles. The normalized spacial score (nSPS) is 22.4. The van der Waals surface area contributed by atoms with Crippen molar-refractivity contribution in [3.63, 3.8) is 0 Å². The molecule has 1 saturated heterocycles. The third kappa shape index (κ3) is 2.89. The summed E-state index contributed by atoms with van der Waals surface area (Å²) in [4.78, 5) is 0.607. The summed E-state index contributed by atoms with van der Waals surface area (Å²) in [6.07, 6.45) is 2.07. The van der Waals surface area contributed by atoms with Crippen LogP contribution in [0.3, 0.4) is 0 Å². The van der Waals surface area contributed by atoms with E-state index in [0.717, 1.165) is 37.2 Å². The summed E-state index contributed by atoms with van der Waals surface area (Å²) in [5.41, 5.74) is 2.19. The average Bonchev–Trinajstić information content (AvgIpc) is 2.81. The van der Waals surface area contributed by atoms with Crippen LogP contribution in [0.4, 0.5) is 5.69 Å². The second-order valence-electron chi connectivity index (χ2n) is 6.62. The standard InChI is InChI=1S/C19H22N2O3S/c1-24-13-3-2-4-14(11-13)25(22,23)15-5-6-18-17(12-15)16-7-9-20-10-8-19(16)21-18/h2-6,11-12,16,19-21H,7-10H2,1H3/t16-,19?/m0/s1. The number of nitrogens with one attached hydrogen (secondary N) is 2. The molecule has 2 atom stereocenters. The lowest BCUT2D eigenvalue weighted by Crippen LogP contribution is -2.21. The highest BCUT2D eigenvalue weighted by molar-refractivity contribution is 7.91. The van der Waals surface area contributed by atoms with Gasteiger partial charge in [0.1, 0.15) is 5.75 Å². The maximum atomic E-state index is 13.0. The molecule has 0 bridgehead atoms. The molecule has 6 heteroatoms. The number of hydrogen-bond acceptors (Lipinski definition) is 5. The van der Waals surface area contributed by atoms with E-state index in [2.05, 4.69) is 10.6 Å². The number of fused-ring (bicyclic) bond motifs is 3. The predicted octanol–water partition coefficient (Wildman–Crippen LogP) is 2.79. The van der Waals surface area contributed by atoms with E-state index in [0.29, 0.717) is 22.6 Å². The van der Waals surface area contributed by atoms with E-state index in [4.69, 9.17) is 4.74 Å². The van der Waals surface area contributed by atoms with Crippen LogP contribution in [0.1, 0.15) is 24.3 Å². The van der Waals surface area contributed by atoms with Crippen LogP contribution in [0.25, 0.3) is 0 Å². The first-order valence-corrected chi connectivity index (χ1v) is 10.1. The van der Waals surface area contributed by atoms with Gasteiger partial charge in [0.05, 0.1) is 16.9 Å². The Balaban J connectivity index is 1.73.